The Morgan fingerprint density at radius 3 is 0.838 bits per heavy atom. The molecule has 74 heavy (non-hydrogen) atoms. The summed E-state index contributed by atoms with van der Waals surface area (Å²) in [6, 6.07) is 27.0. The molecular formula is C70H68N4. The summed E-state index contributed by atoms with van der Waals surface area (Å²) >= 11 is 0. The summed E-state index contributed by atoms with van der Waals surface area (Å²) in [5.41, 5.74) is 24.0. The number of benzene rings is 4. The fourth-order valence-electron chi connectivity index (χ4n) is 12.2. The summed E-state index contributed by atoms with van der Waals surface area (Å²) in [5, 5.41) is 0. The van der Waals surface area contributed by atoms with Gasteiger partial charge in [0.15, 0.2) is 0 Å². The molecule has 5 aliphatic heterocycles. The van der Waals surface area contributed by atoms with E-state index < -0.39 is 0 Å². The van der Waals surface area contributed by atoms with Crippen LogP contribution in [0.15, 0.2) is 240 Å². The molecule has 368 valence electrons. The second-order valence-corrected chi connectivity index (χ2v) is 20.6. The van der Waals surface area contributed by atoms with Crippen LogP contribution in [0, 0.1) is 41.5 Å². The normalized spacial score (nSPS) is 16.0. The molecule has 5 heterocycles. The van der Waals surface area contributed by atoms with Crippen molar-refractivity contribution < 1.29 is 0 Å². The largest absolute Gasteiger partial charge is 0.248 e. The smallest absolute Gasteiger partial charge is 0.0738 e. The molecule has 8 bridgehead atoms. The van der Waals surface area contributed by atoms with Crippen LogP contribution in [0.2, 0.25) is 0 Å². The number of fused-ring (bicyclic) bond motifs is 4. The maximum absolute atomic E-state index is 5.63. The highest BCUT2D eigenvalue weighted by atomic mass is 14.9. The lowest BCUT2D eigenvalue weighted by molar-refractivity contribution is 0.442. The molecule has 0 amide bonds. The predicted octanol–water partition coefficient (Wildman–Crippen LogP) is 17.5. The highest BCUT2D eigenvalue weighted by Gasteiger charge is 2.33. The third-order valence-electron chi connectivity index (χ3n) is 15.2. The quantitative estimate of drug-likeness (QED) is 0.0893. The van der Waals surface area contributed by atoms with Crippen LogP contribution in [0.5, 0.6) is 0 Å². The number of aryl methyl sites for hydroxylation is 6. The van der Waals surface area contributed by atoms with Crippen molar-refractivity contribution in [2.75, 3.05) is 0 Å². The van der Waals surface area contributed by atoms with Crippen molar-refractivity contribution in [1.29, 1.82) is 0 Å². The van der Waals surface area contributed by atoms with Gasteiger partial charge in [-0.2, -0.15) is 0 Å². The van der Waals surface area contributed by atoms with Crippen molar-refractivity contribution in [3.63, 3.8) is 0 Å². The van der Waals surface area contributed by atoms with Crippen molar-refractivity contribution in [2.45, 2.75) is 90.9 Å². The van der Waals surface area contributed by atoms with Crippen molar-refractivity contribution in [3.8, 4) is 0 Å². The molecule has 0 N–H and O–H groups in total. The van der Waals surface area contributed by atoms with E-state index >= 15 is 0 Å². The zero-order chi connectivity index (χ0) is 52.3. The lowest BCUT2D eigenvalue weighted by atomic mass is 9.72. The van der Waals surface area contributed by atoms with E-state index in [1.807, 2.05) is 36.5 Å². The van der Waals surface area contributed by atoms with Gasteiger partial charge in [-0.25, -0.2) is 20.0 Å². The Balaban J connectivity index is 1.35. The molecule has 0 saturated heterocycles. The van der Waals surface area contributed by atoms with Crippen LogP contribution in [0.25, 0.3) is 22.3 Å². The molecule has 0 aliphatic carbocycles. The van der Waals surface area contributed by atoms with Gasteiger partial charge in [-0.3, -0.25) is 0 Å². The Labute approximate surface area is 440 Å². The second-order valence-electron chi connectivity index (χ2n) is 20.6. The maximum atomic E-state index is 5.63. The first-order chi connectivity index (χ1) is 35.8. The van der Waals surface area contributed by atoms with Gasteiger partial charge in [-0.1, -0.05) is 120 Å². The number of hydrogen-bond donors (Lipinski definition) is 0. The molecule has 4 nitrogen and oxygen atoms in total. The molecule has 0 aromatic heterocycles. The van der Waals surface area contributed by atoms with E-state index in [-0.39, 0.29) is 10.8 Å². The summed E-state index contributed by atoms with van der Waals surface area (Å²) in [6.45, 7) is 38.0. The van der Waals surface area contributed by atoms with E-state index in [1.165, 1.54) is 44.5 Å². The SMILES string of the molecule is C=CCC(CC=C)(CC=C)c1ccc(C2=C3C=CC(=N3)C(c3c(C)cc(C)cc3C)=C3C=CC(=N3)C(c3ccc(C(CC=C)(CC=C)CC=C)cc3)=C3C=CC(=N3)C(c3c(C)cc(C)cc3C)=C3C=CC2=N3)cc1. The van der Waals surface area contributed by atoms with E-state index in [9.17, 15) is 0 Å². The monoisotopic (exact) mass is 965 g/mol. The van der Waals surface area contributed by atoms with Crippen LogP contribution < -0.4 is 0 Å². The molecule has 0 spiro atoms. The fraction of sp³-hybridized carbons (Fsp3) is 0.200. The van der Waals surface area contributed by atoms with E-state index in [2.05, 4.69) is 202 Å². The van der Waals surface area contributed by atoms with Gasteiger partial charge in [0.2, 0.25) is 0 Å². The van der Waals surface area contributed by atoms with E-state index in [0.29, 0.717) is 0 Å². The molecule has 0 saturated carbocycles. The summed E-state index contributed by atoms with van der Waals surface area (Å²) in [5.74, 6) is 0. The third kappa shape index (κ3) is 9.42. The topological polar surface area (TPSA) is 49.4 Å². The Hall–Kier alpha value is -8.08. The third-order valence-corrected chi connectivity index (χ3v) is 15.2. The van der Waals surface area contributed by atoms with Crippen LogP contribution in [-0.4, -0.2) is 22.8 Å². The zero-order valence-electron chi connectivity index (χ0n) is 44.3. The second kappa shape index (κ2) is 21.2. The van der Waals surface area contributed by atoms with Gasteiger partial charge in [0.05, 0.1) is 45.6 Å². The standard InChI is InChI=1S/C70H68N4/c1-13-35-69(36-14-2,37-15-3)53-23-19-51(20-24-53)65-55-27-31-59(71-55)67(63-47(9)41-45(7)42-48(63)10)61-33-29-57(73-61)66(52-21-25-54(26-22-52)70(38-16-4,39-17-5)40-18-6)58-30-34-62(74-58)68(60-32-28-56(65)72-60)64-49(11)43-46(8)44-50(64)12/h13-34,41-44H,1-6,35-40H2,7-12H3. The van der Waals surface area contributed by atoms with Crippen molar-refractivity contribution >= 4 is 45.1 Å². The molecule has 0 fully saturated rings. The van der Waals surface area contributed by atoms with Gasteiger partial charge < -0.3 is 0 Å². The molecular weight excluding hydrogens is 897 g/mol. The van der Waals surface area contributed by atoms with Crippen molar-refractivity contribution in [3.05, 3.63) is 287 Å². The van der Waals surface area contributed by atoms with Crippen molar-refractivity contribution in [1.82, 2.24) is 0 Å². The van der Waals surface area contributed by atoms with Gasteiger partial charge >= 0.3 is 0 Å². The Kier molecular flexibility index (Phi) is 14.5. The summed E-state index contributed by atoms with van der Waals surface area (Å²) < 4.78 is 0. The summed E-state index contributed by atoms with van der Waals surface area (Å²) in [4.78, 5) is 22.5. The van der Waals surface area contributed by atoms with Gasteiger partial charge in [0.1, 0.15) is 0 Å². The number of nitrogens with zero attached hydrogens (tertiary/aromatic N) is 4. The van der Waals surface area contributed by atoms with E-state index in [4.69, 9.17) is 20.0 Å². The molecule has 0 radical (unpaired) electrons. The molecule has 4 heteroatoms. The Bertz CT molecular complexity index is 3130. The van der Waals surface area contributed by atoms with Crippen LogP contribution in [-0.2, 0) is 10.8 Å². The lowest BCUT2D eigenvalue weighted by Gasteiger charge is -2.32. The van der Waals surface area contributed by atoms with Crippen LogP contribution >= 0.6 is 0 Å². The molecule has 0 unspecified atom stereocenters. The number of allylic oxidation sites excluding steroid dienone is 18. The lowest BCUT2D eigenvalue weighted by Crippen LogP contribution is -2.24. The van der Waals surface area contributed by atoms with Gasteiger partial charge in [-0.15, -0.1) is 39.5 Å². The maximum Gasteiger partial charge on any atom is 0.0738 e. The zero-order valence-corrected chi connectivity index (χ0v) is 44.3. The van der Waals surface area contributed by atoms with Crippen molar-refractivity contribution in [2.24, 2.45) is 20.0 Å². The first-order valence-electron chi connectivity index (χ1n) is 25.9. The Morgan fingerprint density at radius 1 is 0.338 bits per heavy atom. The van der Waals surface area contributed by atoms with E-state index in [0.717, 1.165) is 129 Å². The minimum absolute atomic E-state index is 0.195. The highest BCUT2D eigenvalue weighted by Crippen LogP contribution is 2.44. The number of aliphatic imine (C=N–C) groups is 4. The first-order valence-corrected chi connectivity index (χ1v) is 25.9. The number of hydrogen-bond acceptors (Lipinski definition) is 4. The first kappa shape index (κ1) is 50.8. The molecule has 4 aromatic rings. The molecule has 5 aliphatic rings. The predicted molar refractivity (Wildman–Crippen MR) is 320 cm³/mol. The fourth-order valence-corrected chi connectivity index (χ4v) is 12.2. The summed E-state index contributed by atoms with van der Waals surface area (Å²) in [6.07, 6.45) is 34.1. The van der Waals surface area contributed by atoms with Gasteiger partial charge in [-0.05, 0) is 184 Å². The average molecular weight is 965 g/mol. The van der Waals surface area contributed by atoms with Gasteiger partial charge in [0, 0.05) is 33.1 Å². The minimum atomic E-state index is -0.195. The number of rotatable bonds is 18. The van der Waals surface area contributed by atoms with Crippen LogP contribution in [0.1, 0.15) is 105 Å². The Morgan fingerprint density at radius 2 is 0.581 bits per heavy atom. The molecule has 9 rings (SSSR count). The molecule has 4 aromatic carbocycles. The molecule has 0 atom stereocenters. The highest BCUT2D eigenvalue weighted by molar-refractivity contribution is 6.40. The minimum Gasteiger partial charge on any atom is -0.248 e. The van der Waals surface area contributed by atoms with Crippen LogP contribution in [0.4, 0.5) is 0 Å². The average Bonchev–Trinajstić information content (AvgIpc) is 4.22. The van der Waals surface area contributed by atoms with Gasteiger partial charge in [0.25, 0.3) is 0 Å². The van der Waals surface area contributed by atoms with E-state index in [1.54, 1.807) is 0 Å². The summed E-state index contributed by atoms with van der Waals surface area (Å²) in [7, 11) is 0. The van der Waals surface area contributed by atoms with Crippen LogP contribution in [0.3, 0.4) is 0 Å².